The Kier molecular flexibility index (Phi) is 2.53. The van der Waals surface area contributed by atoms with E-state index in [2.05, 4.69) is 9.97 Å². The first-order valence-electron chi connectivity index (χ1n) is 4.95. The summed E-state index contributed by atoms with van der Waals surface area (Å²) in [5.74, 6) is 1.10. The van der Waals surface area contributed by atoms with Crippen LogP contribution in [-0.2, 0) is 0 Å². The van der Waals surface area contributed by atoms with E-state index in [0.29, 0.717) is 32.5 Å². The first kappa shape index (κ1) is 11.2. The van der Waals surface area contributed by atoms with Crippen molar-refractivity contribution in [2.75, 3.05) is 5.73 Å². The molecule has 0 saturated carbocycles. The Morgan fingerprint density at radius 1 is 1.39 bits per heavy atom. The second-order valence-corrected chi connectivity index (χ2v) is 4.96. The molecule has 0 aliphatic heterocycles. The third kappa shape index (κ3) is 1.75. The van der Waals surface area contributed by atoms with Gasteiger partial charge in [0.1, 0.15) is 10.6 Å². The molecule has 0 bridgehead atoms. The predicted octanol–water partition coefficient (Wildman–Crippen LogP) is 3.00. The van der Waals surface area contributed by atoms with Gasteiger partial charge < -0.3 is 10.2 Å². The molecule has 0 radical (unpaired) electrons. The molecule has 3 aromatic heterocycles. The quantitative estimate of drug-likeness (QED) is 0.729. The van der Waals surface area contributed by atoms with Crippen molar-refractivity contribution in [1.29, 1.82) is 0 Å². The van der Waals surface area contributed by atoms with Gasteiger partial charge in [-0.1, -0.05) is 0 Å². The van der Waals surface area contributed by atoms with Gasteiger partial charge in [-0.15, -0.1) is 11.3 Å². The largest absolute Gasteiger partial charge is 0.441 e. The van der Waals surface area contributed by atoms with Crippen LogP contribution in [0.3, 0.4) is 0 Å². The van der Waals surface area contributed by atoms with Gasteiger partial charge in [0, 0.05) is 0 Å². The molecule has 0 spiro atoms. The fourth-order valence-electron chi connectivity index (χ4n) is 1.56. The maximum atomic E-state index is 10.7. The predicted molar refractivity (Wildman–Crippen MR) is 69.9 cm³/mol. The van der Waals surface area contributed by atoms with E-state index in [1.165, 1.54) is 11.3 Å². The summed E-state index contributed by atoms with van der Waals surface area (Å²) in [6, 6.07) is 4.93. The van der Waals surface area contributed by atoms with E-state index in [1.807, 2.05) is 0 Å². The lowest BCUT2D eigenvalue weighted by Crippen LogP contribution is -1.95. The minimum atomic E-state index is 0.257. The number of hydrogen-bond acceptors (Lipinski definition) is 6. The molecule has 7 heteroatoms. The zero-order valence-corrected chi connectivity index (χ0v) is 10.5. The molecule has 0 amide bonds. The molecular weight excluding hydrogens is 274 g/mol. The van der Waals surface area contributed by atoms with Gasteiger partial charge in [-0.2, -0.15) is 0 Å². The van der Waals surface area contributed by atoms with Gasteiger partial charge in [-0.25, -0.2) is 9.97 Å². The topological polar surface area (TPSA) is 82.0 Å². The minimum absolute atomic E-state index is 0.257. The molecule has 0 unspecified atom stereocenters. The van der Waals surface area contributed by atoms with Gasteiger partial charge in [-0.3, -0.25) is 4.79 Å². The Morgan fingerprint density at radius 3 is 2.89 bits per heavy atom. The number of carbonyl (C=O) groups excluding carboxylic acids is 1. The molecule has 0 aromatic carbocycles. The van der Waals surface area contributed by atoms with Gasteiger partial charge in [0.05, 0.1) is 10.3 Å². The Labute approximate surface area is 110 Å². The lowest BCUT2D eigenvalue weighted by molar-refractivity contribution is 0.112. The normalized spacial score (nSPS) is 10.9. The smallest absolute Gasteiger partial charge is 0.199 e. The minimum Gasteiger partial charge on any atom is -0.441 e. The van der Waals surface area contributed by atoms with Crippen molar-refractivity contribution in [2.24, 2.45) is 0 Å². The van der Waals surface area contributed by atoms with E-state index in [0.717, 1.165) is 6.29 Å². The van der Waals surface area contributed by atoms with Crippen LogP contribution in [0.1, 0.15) is 9.67 Å². The average Bonchev–Trinajstić information content (AvgIpc) is 2.94. The second-order valence-electron chi connectivity index (χ2n) is 3.52. The van der Waals surface area contributed by atoms with Crippen molar-refractivity contribution in [3.63, 3.8) is 0 Å². The van der Waals surface area contributed by atoms with Crippen molar-refractivity contribution >= 4 is 45.3 Å². The third-order valence-corrected chi connectivity index (χ3v) is 3.51. The van der Waals surface area contributed by atoms with Crippen molar-refractivity contribution in [3.8, 4) is 11.6 Å². The summed E-state index contributed by atoms with van der Waals surface area (Å²) in [7, 11) is 0. The standard InChI is InChI=1S/C11H6ClN3O2S/c12-8-2-1-7(17-8)10-14-9(13)6-3-5(4-16)18-11(6)15-10/h1-4H,(H2,13,14,15). The van der Waals surface area contributed by atoms with Crippen LogP contribution in [0.15, 0.2) is 22.6 Å². The van der Waals surface area contributed by atoms with Crippen LogP contribution in [0.2, 0.25) is 5.22 Å². The number of nitrogens with two attached hydrogens (primary N) is 1. The van der Waals surface area contributed by atoms with Crippen LogP contribution >= 0.6 is 22.9 Å². The van der Waals surface area contributed by atoms with Crippen LogP contribution < -0.4 is 5.73 Å². The maximum Gasteiger partial charge on any atom is 0.199 e. The van der Waals surface area contributed by atoms with E-state index in [4.69, 9.17) is 21.8 Å². The molecule has 5 nitrogen and oxygen atoms in total. The molecule has 3 heterocycles. The van der Waals surface area contributed by atoms with Crippen LogP contribution in [0.5, 0.6) is 0 Å². The van der Waals surface area contributed by atoms with Gasteiger partial charge in [0.2, 0.25) is 0 Å². The Balaban J connectivity index is 2.23. The van der Waals surface area contributed by atoms with E-state index in [9.17, 15) is 4.79 Å². The highest BCUT2D eigenvalue weighted by atomic mass is 35.5. The highest BCUT2D eigenvalue weighted by Gasteiger charge is 2.13. The summed E-state index contributed by atoms with van der Waals surface area (Å²) < 4.78 is 5.23. The number of aromatic nitrogens is 2. The number of furan rings is 1. The van der Waals surface area contributed by atoms with Crippen molar-refractivity contribution in [3.05, 3.63) is 28.3 Å². The fourth-order valence-corrected chi connectivity index (χ4v) is 2.56. The summed E-state index contributed by atoms with van der Waals surface area (Å²) in [5, 5.41) is 0.926. The number of rotatable bonds is 2. The van der Waals surface area contributed by atoms with Crippen molar-refractivity contribution in [1.82, 2.24) is 9.97 Å². The SMILES string of the molecule is Nc1nc(-c2ccc(Cl)o2)nc2sc(C=O)cc12. The van der Waals surface area contributed by atoms with Crippen LogP contribution in [0.4, 0.5) is 5.82 Å². The fraction of sp³-hybridized carbons (Fsp3) is 0. The summed E-state index contributed by atoms with van der Waals surface area (Å²) in [6.07, 6.45) is 0.759. The number of nitrogen functional groups attached to an aromatic ring is 1. The third-order valence-electron chi connectivity index (χ3n) is 2.35. The number of fused-ring (bicyclic) bond motifs is 1. The summed E-state index contributed by atoms with van der Waals surface area (Å²) in [6.45, 7) is 0. The van der Waals surface area contributed by atoms with Crippen LogP contribution in [0.25, 0.3) is 21.8 Å². The van der Waals surface area contributed by atoms with E-state index in [1.54, 1.807) is 18.2 Å². The zero-order chi connectivity index (χ0) is 12.7. The summed E-state index contributed by atoms with van der Waals surface area (Å²) >= 11 is 6.95. The molecule has 0 saturated heterocycles. The lowest BCUT2D eigenvalue weighted by Gasteiger charge is -1.98. The van der Waals surface area contributed by atoms with Gasteiger partial charge in [-0.05, 0) is 29.8 Å². The number of nitrogens with zero attached hydrogens (tertiary/aromatic N) is 2. The van der Waals surface area contributed by atoms with E-state index in [-0.39, 0.29) is 5.22 Å². The zero-order valence-electron chi connectivity index (χ0n) is 8.88. The number of aldehydes is 1. The second kappa shape index (κ2) is 4.08. The number of halogens is 1. The average molecular weight is 280 g/mol. The Hall–Kier alpha value is -1.92. The molecule has 3 aromatic rings. The summed E-state index contributed by atoms with van der Waals surface area (Å²) in [4.78, 5) is 20.4. The number of hydrogen-bond donors (Lipinski definition) is 1. The first-order chi connectivity index (χ1) is 8.67. The molecule has 0 aliphatic rings. The molecule has 2 N–H and O–H groups in total. The van der Waals surface area contributed by atoms with E-state index < -0.39 is 0 Å². The molecular formula is C11H6ClN3O2S. The Morgan fingerprint density at radius 2 is 2.22 bits per heavy atom. The van der Waals surface area contributed by atoms with Gasteiger partial charge in [0.15, 0.2) is 23.1 Å². The molecule has 90 valence electrons. The first-order valence-corrected chi connectivity index (χ1v) is 6.15. The van der Waals surface area contributed by atoms with Crippen molar-refractivity contribution < 1.29 is 9.21 Å². The number of carbonyl (C=O) groups is 1. The molecule has 0 aliphatic carbocycles. The van der Waals surface area contributed by atoms with Crippen LogP contribution in [-0.4, -0.2) is 16.3 Å². The molecule has 0 atom stereocenters. The van der Waals surface area contributed by atoms with Crippen LogP contribution in [0, 0.1) is 0 Å². The van der Waals surface area contributed by atoms with Gasteiger partial charge >= 0.3 is 0 Å². The lowest BCUT2D eigenvalue weighted by atomic mass is 10.3. The molecule has 0 fully saturated rings. The molecule has 18 heavy (non-hydrogen) atoms. The molecule has 3 rings (SSSR count). The van der Waals surface area contributed by atoms with Gasteiger partial charge in [0.25, 0.3) is 0 Å². The highest BCUT2D eigenvalue weighted by molar-refractivity contribution is 7.20. The maximum absolute atomic E-state index is 10.7. The Bertz CT molecular complexity index is 750. The monoisotopic (exact) mass is 279 g/mol. The highest BCUT2D eigenvalue weighted by Crippen LogP contribution is 2.30. The van der Waals surface area contributed by atoms with E-state index >= 15 is 0 Å². The van der Waals surface area contributed by atoms with Crippen molar-refractivity contribution in [2.45, 2.75) is 0 Å². The number of thiophene rings is 1. The number of anilines is 1. The summed E-state index contributed by atoms with van der Waals surface area (Å²) in [5.41, 5.74) is 5.83.